The Bertz CT molecular complexity index is 427. The molecule has 0 unspecified atom stereocenters. The Balaban J connectivity index is 1.50. The van der Waals surface area contributed by atoms with E-state index < -0.39 is 0 Å². The quantitative estimate of drug-likeness (QED) is 0.818. The molecule has 21 heavy (non-hydrogen) atoms. The van der Waals surface area contributed by atoms with Crippen LogP contribution < -0.4 is 0 Å². The number of ether oxygens (including phenoxy) is 2. The third-order valence-electron chi connectivity index (χ3n) is 4.32. The number of morpholine rings is 2. The minimum Gasteiger partial charge on any atom is -0.379 e. The van der Waals surface area contributed by atoms with Gasteiger partial charge in [-0.05, 0) is 17.5 Å². The summed E-state index contributed by atoms with van der Waals surface area (Å²) in [5.41, 5.74) is 2.88. The van der Waals surface area contributed by atoms with Crippen molar-refractivity contribution in [3.63, 3.8) is 0 Å². The Morgan fingerprint density at radius 2 is 1.43 bits per heavy atom. The largest absolute Gasteiger partial charge is 0.379 e. The van der Waals surface area contributed by atoms with E-state index in [2.05, 4.69) is 34.1 Å². The number of benzene rings is 1. The Kier molecular flexibility index (Phi) is 5.63. The molecule has 4 heteroatoms. The van der Waals surface area contributed by atoms with Gasteiger partial charge in [-0.1, -0.05) is 24.3 Å². The van der Waals surface area contributed by atoms with Gasteiger partial charge in [-0.3, -0.25) is 9.80 Å². The van der Waals surface area contributed by atoms with Gasteiger partial charge >= 0.3 is 0 Å². The molecule has 0 saturated carbocycles. The van der Waals surface area contributed by atoms with E-state index in [1.807, 2.05) is 0 Å². The van der Waals surface area contributed by atoms with Crippen LogP contribution in [0.4, 0.5) is 0 Å². The third-order valence-corrected chi connectivity index (χ3v) is 4.32. The second-order valence-corrected chi connectivity index (χ2v) is 5.91. The predicted molar refractivity (Wildman–Crippen MR) is 83.5 cm³/mol. The second-order valence-electron chi connectivity index (χ2n) is 5.91. The molecule has 116 valence electrons. The zero-order valence-corrected chi connectivity index (χ0v) is 12.8. The summed E-state index contributed by atoms with van der Waals surface area (Å²) in [5.74, 6) is 0. The summed E-state index contributed by atoms with van der Waals surface area (Å²) >= 11 is 0. The highest BCUT2D eigenvalue weighted by atomic mass is 16.5. The summed E-state index contributed by atoms with van der Waals surface area (Å²) in [7, 11) is 0. The smallest absolute Gasteiger partial charge is 0.0594 e. The van der Waals surface area contributed by atoms with Gasteiger partial charge in [0.05, 0.1) is 26.4 Å². The number of hydrogen-bond donors (Lipinski definition) is 0. The molecule has 0 spiro atoms. The van der Waals surface area contributed by atoms with Crippen molar-refractivity contribution in [2.24, 2.45) is 0 Å². The fraction of sp³-hybridized carbons (Fsp3) is 0.647. The van der Waals surface area contributed by atoms with E-state index in [4.69, 9.17) is 9.47 Å². The summed E-state index contributed by atoms with van der Waals surface area (Å²) in [6, 6.07) is 9.07. The lowest BCUT2D eigenvalue weighted by Crippen LogP contribution is -2.37. The molecule has 2 aliphatic heterocycles. The number of hydrogen-bond acceptors (Lipinski definition) is 4. The van der Waals surface area contributed by atoms with Crippen LogP contribution in [0.25, 0.3) is 0 Å². The molecular weight excluding hydrogens is 264 g/mol. The molecule has 1 aromatic rings. The van der Waals surface area contributed by atoms with Crippen molar-refractivity contribution in [3.8, 4) is 0 Å². The average molecular weight is 290 g/mol. The van der Waals surface area contributed by atoms with Crippen molar-refractivity contribution < 1.29 is 9.47 Å². The van der Waals surface area contributed by atoms with Crippen LogP contribution in [0.15, 0.2) is 24.3 Å². The molecule has 1 aromatic carbocycles. The van der Waals surface area contributed by atoms with E-state index in [-0.39, 0.29) is 0 Å². The minimum atomic E-state index is 0.872. The van der Waals surface area contributed by atoms with Gasteiger partial charge in [-0.2, -0.15) is 0 Å². The molecule has 0 atom stereocenters. The molecule has 2 heterocycles. The van der Waals surface area contributed by atoms with Crippen LogP contribution in [-0.2, 0) is 22.4 Å². The highest BCUT2D eigenvalue weighted by Crippen LogP contribution is 2.11. The molecule has 2 saturated heterocycles. The third kappa shape index (κ3) is 4.78. The number of rotatable bonds is 5. The monoisotopic (exact) mass is 290 g/mol. The molecule has 2 fully saturated rings. The first-order valence-electron chi connectivity index (χ1n) is 8.08. The van der Waals surface area contributed by atoms with Crippen LogP contribution in [0.1, 0.15) is 11.1 Å². The van der Waals surface area contributed by atoms with Gasteiger partial charge in [-0.25, -0.2) is 0 Å². The first-order chi connectivity index (χ1) is 10.4. The van der Waals surface area contributed by atoms with Crippen LogP contribution in [0.5, 0.6) is 0 Å². The normalized spacial score (nSPS) is 21.5. The van der Waals surface area contributed by atoms with Crippen molar-refractivity contribution in [1.29, 1.82) is 0 Å². The van der Waals surface area contributed by atoms with Crippen molar-refractivity contribution in [1.82, 2.24) is 9.80 Å². The van der Waals surface area contributed by atoms with Gasteiger partial charge < -0.3 is 9.47 Å². The minimum absolute atomic E-state index is 0.872. The molecule has 0 amide bonds. The van der Waals surface area contributed by atoms with Crippen molar-refractivity contribution in [3.05, 3.63) is 35.4 Å². The van der Waals surface area contributed by atoms with E-state index in [9.17, 15) is 0 Å². The predicted octanol–water partition coefficient (Wildman–Crippen LogP) is 1.39. The topological polar surface area (TPSA) is 24.9 Å². The SMILES string of the molecule is c1cc(CCN2CCOCC2)cc(CN2CCOCC2)c1. The van der Waals surface area contributed by atoms with E-state index >= 15 is 0 Å². The maximum absolute atomic E-state index is 5.41. The van der Waals surface area contributed by atoms with Crippen LogP contribution in [0, 0.1) is 0 Å². The van der Waals surface area contributed by atoms with Crippen molar-refractivity contribution >= 4 is 0 Å². The van der Waals surface area contributed by atoms with Gasteiger partial charge in [0.1, 0.15) is 0 Å². The van der Waals surface area contributed by atoms with Gasteiger partial charge in [0.25, 0.3) is 0 Å². The average Bonchev–Trinajstić information content (AvgIpc) is 2.55. The molecule has 0 bridgehead atoms. The zero-order valence-electron chi connectivity index (χ0n) is 12.8. The molecule has 0 aliphatic carbocycles. The molecule has 3 rings (SSSR count). The lowest BCUT2D eigenvalue weighted by atomic mass is 10.1. The Labute approximate surface area is 127 Å². The Morgan fingerprint density at radius 1 is 0.810 bits per heavy atom. The summed E-state index contributed by atoms with van der Waals surface area (Å²) in [4.78, 5) is 4.97. The summed E-state index contributed by atoms with van der Waals surface area (Å²) < 4.78 is 10.8. The zero-order chi connectivity index (χ0) is 14.3. The van der Waals surface area contributed by atoms with E-state index in [1.54, 1.807) is 0 Å². The lowest BCUT2D eigenvalue weighted by molar-refractivity contribution is 0.0341. The Hall–Kier alpha value is -0.940. The molecule has 2 aliphatic rings. The van der Waals surface area contributed by atoms with Crippen LogP contribution in [0.2, 0.25) is 0 Å². The highest BCUT2D eigenvalue weighted by molar-refractivity contribution is 5.23. The molecule has 0 N–H and O–H groups in total. The van der Waals surface area contributed by atoms with Gasteiger partial charge in [0, 0.05) is 39.3 Å². The first kappa shape index (κ1) is 15.0. The fourth-order valence-electron chi connectivity index (χ4n) is 3.01. The van der Waals surface area contributed by atoms with Gasteiger partial charge in [-0.15, -0.1) is 0 Å². The summed E-state index contributed by atoms with van der Waals surface area (Å²) in [6.07, 6.45) is 1.14. The molecule has 4 nitrogen and oxygen atoms in total. The van der Waals surface area contributed by atoms with Crippen molar-refractivity contribution in [2.45, 2.75) is 13.0 Å². The lowest BCUT2D eigenvalue weighted by Gasteiger charge is -2.27. The van der Waals surface area contributed by atoms with Gasteiger partial charge in [0.15, 0.2) is 0 Å². The standard InChI is InChI=1S/C17H26N2O2/c1-2-16(4-5-18-6-10-20-11-7-18)14-17(3-1)15-19-8-12-21-13-9-19/h1-3,14H,4-13,15H2. The first-order valence-corrected chi connectivity index (χ1v) is 8.08. The van der Waals surface area contributed by atoms with Crippen LogP contribution in [-0.4, -0.2) is 69.0 Å². The van der Waals surface area contributed by atoms with Crippen LogP contribution >= 0.6 is 0 Å². The molecule has 0 radical (unpaired) electrons. The number of nitrogens with zero attached hydrogens (tertiary/aromatic N) is 2. The van der Waals surface area contributed by atoms with Crippen LogP contribution in [0.3, 0.4) is 0 Å². The highest BCUT2D eigenvalue weighted by Gasteiger charge is 2.12. The molecular formula is C17H26N2O2. The van der Waals surface area contributed by atoms with E-state index in [1.165, 1.54) is 11.1 Å². The summed E-state index contributed by atoms with van der Waals surface area (Å²) in [6.45, 7) is 9.97. The fourth-order valence-corrected chi connectivity index (χ4v) is 3.01. The van der Waals surface area contributed by atoms with Gasteiger partial charge in [0.2, 0.25) is 0 Å². The van der Waals surface area contributed by atoms with E-state index in [0.717, 1.165) is 72.1 Å². The van der Waals surface area contributed by atoms with E-state index in [0.29, 0.717) is 0 Å². The molecule has 0 aromatic heterocycles. The Morgan fingerprint density at radius 3 is 2.14 bits per heavy atom. The maximum atomic E-state index is 5.41. The summed E-state index contributed by atoms with van der Waals surface area (Å²) in [5, 5.41) is 0. The van der Waals surface area contributed by atoms with Crippen molar-refractivity contribution in [2.75, 3.05) is 59.2 Å². The second kappa shape index (κ2) is 7.90. The maximum Gasteiger partial charge on any atom is 0.0594 e.